The van der Waals surface area contributed by atoms with Gasteiger partial charge in [0.05, 0.1) is 45.9 Å². The maximum atomic E-state index is 9.39. The molecular weight excluding hydrogens is 396 g/mol. The normalized spacial score (nSPS) is 11.0. The third kappa shape index (κ3) is 2.42. The number of fused-ring (bicyclic) bond motifs is 6. The standard InChI is InChI=1S/C27H12N4O/c28-13-16-1-5-24-20(9-16)21-10-17(14-29)2-6-25(21)31(24)19-4-8-27-23(12-19)22-11-18(15-30)3-7-26(22)32-27/h1-12H. The summed E-state index contributed by atoms with van der Waals surface area (Å²) in [4.78, 5) is 0. The predicted octanol–water partition coefficient (Wildman–Crippen LogP) is 6.30. The van der Waals surface area contributed by atoms with Crippen LogP contribution >= 0.6 is 0 Å². The Morgan fingerprint density at radius 1 is 0.531 bits per heavy atom. The van der Waals surface area contributed by atoms with E-state index in [1.54, 1.807) is 18.2 Å². The van der Waals surface area contributed by atoms with Crippen molar-refractivity contribution in [2.45, 2.75) is 0 Å². The van der Waals surface area contributed by atoms with Crippen molar-refractivity contribution in [1.29, 1.82) is 15.8 Å². The Hall–Kier alpha value is -5.05. The van der Waals surface area contributed by atoms with Crippen LogP contribution in [0.5, 0.6) is 0 Å². The van der Waals surface area contributed by atoms with Crippen molar-refractivity contribution < 1.29 is 4.42 Å². The second-order valence-corrected chi connectivity index (χ2v) is 7.63. The lowest BCUT2D eigenvalue weighted by atomic mass is 10.1. The minimum atomic E-state index is 0.569. The van der Waals surface area contributed by atoms with Gasteiger partial charge in [-0.25, -0.2) is 0 Å². The molecule has 2 aromatic heterocycles. The highest BCUT2D eigenvalue weighted by Crippen LogP contribution is 2.36. The quantitative estimate of drug-likeness (QED) is 0.319. The van der Waals surface area contributed by atoms with E-state index in [0.717, 1.165) is 49.4 Å². The van der Waals surface area contributed by atoms with E-state index in [9.17, 15) is 15.8 Å². The third-order valence-electron chi connectivity index (χ3n) is 5.86. The molecule has 0 aliphatic heterocycles. The molecule has 146 valence electrons. The van der Waals surface area contributed by atoms with Crippen molar-refractivity contribution in [2.75, 3.05) is 0 Å². The molecule has 0 bridgehead atoms. The molecule has 0 aliphatic rings. The first kappa shape index (κ1) is 17.8. The summed E-state index contributed by atoms with van der Waals surface area (Å²) in [7, 11) is 0. The Kier molecular flexibility index (Phi) is 3.60. The smallest absolute Gasteiger partial charge is 0.135 e. The molecule has 0 fully saturated rings. The average Bonchev–Trinajstić information content (AvgIpc) is 3.37. The Labute approximate surface area is 182 Å². The molecule has 32 heavy (non-hydrogen) atoms. The number of furan rings is 1. The van der Waals surface area contributed by atoms with Crippen molar-refractivity contribution in [3.63, 3.8) is 0 Å². The molecule has 0 atom stereocenters. The van der Waals surface area contributed by atoms with E-state index in [4.69, 9.17) is 4.42 Å². The fraction of sp³-hybridized carbons (Fsp3) is 0. The molecule has 0 N–H and O–H groups in total. The summed E-state index contributed by atoms with van der Waals surface area (Å²) in [6.07, 6.45) is 0. The Morgan fingerprint density at radius 3 is 1.56 bits per heavy atom. The summed E-state index contributed by atoms with van der Waals surface area (Å²) < 4.78 is 8.09. The molecule has 4 aromatic carbocycles. The topological polar surface area (TPSA) is 89.4 Å². The molecule has 5 heteroatoms. The highest BCUT2D eigenvalue weighted by molar-refractivity contribution is 6.11. The SMILES string of the molecule is N#Cc1ccc2oc3ccc(-n4c5ccc(C#N)cc5c5cc(C#N)ccc54)cc3c2c1. The molecule has 6 rings (SSSR count). The minimum absolute atomic E-state index is 0.569. The predicted molar refractivity (Wildman–Crippen MR) is 122 cm³/mol. The Bertz CT molecular complexity index is 1800. The zero-order valence-corrected chi connectivity index (χ0v) is 16.6. The highest BCUT2D eigenvalue weighted by atomic mass is 16.3. The summed E-state index contributed by atoms with van der Waals surface area (Å²) >= 11 is 0. The number of hydrogen-bond donors (Lipinski definition) is 0. The van der Waals surface area contributed by atoms with E-state index >= 15 is 0 Å². The number of nitrogens with zero attached hydrogens (tertiary/aromatic N) is 4. The van der Waals surface area contributed by atoms with Crippen LogP contribution in [-0.4, -0.2) is 4.57 Å². The van der Waals surface area contributed by atoms with Gasteiger partial charge in [-0.1, -0.05) is 0 Å². The van der Waals surface area contributed by atoms with Gasteiger partial charge in [0.15, 0.2) is 0 Å². The van der Waals surface area contributed by atoms with E-state index in [0.29, 0.717) is 16.7 Å². The van der Waals surface area contributed by atoms with Crippen LogP contribution < -0.4 is 0 Å². The first-order chi connectivity index (χ1) is 15.7. The van der Waals surface area contributed by atoms with E-state index in [2.05, 4.69) is 28.8 Å². The van der Waals surface area contributed by atoms with Crippen LogP contribution in [0.4, 0.5) is 0 Å². The van der Waals surface area contributed by atoms with Crippen LogP contribution in [0.15, 0.2) is 77.2 Å². The van der Waals surface area contributed by atoms with Gasteiger partial charge in [0.25, 0.3) is 0 Å². The number of rotatable bonds is 1. The van der Waals surface area contributed by atoms with Gasteiger partial charge in [0, 0.05) is 27.2 Å². The summed E-state index contributed by atoms with van der Waals surface area (Å²) in [5.74, 6) is 0. The zero-order valence-electron chi connectivity index (χ0n) is 16.6. The second kappa shape index (κ2) is 6.47. The second-order valence-electron chi connectivity index (χ2n) is 7.63. The summed E-state index contributed by atoms with van der Waals surface area (Å²) in [5, 5.41) is 31.7. The number of hydrogen-bond acceptors (Lipinski definition) is 4. The van der Waals surface area contributed by atoms with Gasteiger partial charge in [0.1, 0.15) is 11.2 Å². The number of aromatic nitrogens is 1. The molecule has 0 saturated heterocycles. The van der Waals surface area contributed by atoms with Crippen molar-refractivity contribution in [1.82, 2.24) is 4.57 Å². The molecule has 0 radical (unpaired) electrons. The van der Waals surface area contributed by atoms with E-state index in [1.807, 2.05) is 48.5 Å². The van der Waals surface area contributed by atoms with Crippen LogP contribution in [0.2, 0.25) is 0 Å². The molecule has 0 aliphatic carbocycles. The third-order valence-corrected chi connectivity index (χ3v) is 5.86. The van der Waals surface area contributed by atoms with Gasteiger partial charge < -0.3 is 8.98 Å². The fourth-order valence-corrected chi connectivity index (χ4v) is 4.41. The Morgan fingerprint density at radius 2 is 1.00 bits per heavy atom. The van der Waals surface area contributed by atoms with Crippen molar-refractivity contribution in [3.8, 4) is 23.9 Å². The zero-order chi connectivity index (χ0) is 21.8. The van der Waals surface area contributed by atoms with Gasteiger partial charge in [-0.15, -0.1) is 0 Å². The summed E-state index contributed by atoms with van der Waals surface area (Å²) in [6.45, 7) is 0. The van der Waals surface area contributed by atoms with Crippen LogP contribution in [0, 0.1) is 34.0 Å². The summed E-state index contributed by atoms with van der Waals surface area (Å²) in [6, 6.07) is 29.2. The van der Waals surface area contributed by atoms with Gasteiger partial charge in [-0.2, -0.15) is 15.8 Å². The Balaban J connectivity index is 1.72. The lowest BCUT2D eigenvalue weighted by molar-refractivity contribution is 0.669. The molecular formula is C27H12N4O. The molecule has 2 heterocycles. The fourth-order valence-electron chi connectivity index (χ4n) is 4.41. The van der Waals surface area contributed by atoms with Gasteiger partial charge in [0.2, 0.25) is 0 Å². The number of nitriles is 3. The molecule has 0 amide bonds. The van der Waals surface area contributed by atoms with E-state index in [-0.39, 0.29) is 0 Å². The molecule has 6 aromatic rings. The number of benzene rings is 4. The van der Waals surface area contributed by atoms with Gasteiger partial charge in [-0.05, 0) is 72.8 Å². The maximum absolute atomic E-state index is 9.39. The van der Waals surface area contributed by atoms with Crippen molar-refractivity contribution in [3.05, 3.63) is 89.5 Å². The van der Waals surface area contributed by atoms with E-state index < -0.39 is 0 Å². The summed E-state index contributed by atoms with van der Waals surface area (Å²) in [5.41, 5.74) is 6.01. The average molecular weight is 408 g/mol. The minimum Gasteiger partial charge on any atom is -0.456 e. The largest absolute Gasteiger partial charge is 0.456 e. The van der Waals surface area contributed by atoms with Crippen LogP contribution in [0.3, 0.4) is 0 Å². The van der Waals surface area contributed by atoms with Crippen LogP contribution in [-0.2, 0) is 0 Å². The van der Waals surface area contributed by atoms with Gasteiger partial charge in [-0.3, -0.25) is 0 Å². The van der Waals surface area contributed by atoms with E-state index in [1.165, 1.54) is 0 Å². The van der Waals surface area contributed by atoms with Crippen LogP contribution in [0.1, 0.15) is 16.7 Å². The highest BCUT2D eigenvalue weighted by Gasteiger charge is 2.15. The first-order valence-corrected chi connectivity index (χ1v) is 9.95. The molecule has 5 nitrogen and oxygen atoms in total. The molecule has 0 spiro atoms. The van der Waals surface area contributed by atoms with Crippen LogP contribution in [0.25, 0.3) is 49.4 Å². The van der Waals surface area contributed by atoms with Gasteiger partial charge >= 0.3 is 0 Å². The molecule has 0 unspecified atom stereocenters. The van der Waals surface area contributed by atoms with Crippen molar-refractivity contribution >= 4 is 43.7 Å². The monoisotopic (exact) mass is 408 g/mol. The molecule has 0 saturated carbocycles. The lowest BCUT2D eigenvalue weighted by Crippen LogP contribution is -1.93. The first-order valence-electron chi connectivity index (χ1n) is 9.95. The van der Waals surface area contributed by atoms with Crippen molar-refractivity contribution in [2.24, 2.45) is 0 Å². The maximum Gasteiger partial charge on any atom is 0.135 e. The lowest BCUT2D eigenvalue weighted by Gasteiger charge is -2.08.